The summed E-state index contributed by atoms with van der Waals surface area (Å²) in [5.74, 6) is 0.979. The lowest BCUT2D eigenvalue weighted by Gasteiger charge is -2.20. The fourth-order valence-corrected chi connectivity index (χ4v) is 4.30. The van der Waals surface area contributed by atoms with Gasteiger partial charge in [-0.05, 0) is 25.0 Å². The second-order valence-electron chi connectivity index (χ2n) is 8.92. The van der Waals surface area contributed by atoms with E-state index < -0.39 is 12.1 Å². The average Bonchev–Trinajstić information content (AvgIpc) is 3.51. The van der Waals surface area contributed by atoms with Crippen molar-refractivity contribution in [1.29, 1.82) is 0 Å². The molecule has 1 saturated carbocycles. The minimum atomic E-state index is -0.453. The van der Waals surface area contributed by atoms with Crippen molar-refractivity contribution in [3.05, 3.63) is 59.7 Å². The predicted octanol–water partition coefficient (Wildman–Crippen LogP) is 0.573. The Morgan fingerprint density at radius 1 is 1.14 bits per heavy atom. The van der Waals surface area contributed by atoms with Crippen molar-refractivity contribution in [2.24, 2.45) is 0 Å². The van der Waals surface area contributed by atoms with Crippen LogP contribution in [0.25, 0.3) is 0 Å². The van der Waals surface area contributed by atoms with Crippen LogP contribution >= 0.6 is 0 Å². The van der Waals surface area contributed by atoms with Crippen LogP contribution in [0, 0.1) is 0 Å². The molecule has 3 aromatic rings. The molecule has 2 amide bonds. The van der Waals surface area contributed by atoms with E-state index in [4.69, 9.17) is 9.47 Å². The van der Waals surface area contributed by atoms with Crippen molar-refractivity contribution in [1.82, 2.24) is 40.2 Å². The highest BCUT2D eigenvalue weighted by Gasteiger charge is 2.38. The van der Waals surface area contributed by atoms with E-state index in [-0.39, 0.29) is 30.7 Å². The highest BCUT2D eigenvalue weighted by molar-refractivity contribution is 5.96. The van der Waals surface area contributed by atoms with Crippen LogP contribution in [0.15, 0.2) is 36.9 Å². The highest BCUT2D eigenvalue weighted by Crippen LogP contribution is 2.37. The molecule has 12 heteroatoms. The minimum Gasteiger partial charge on any atom is -0.489 e. The van der Waals surface area contributed by atoms with Gasteiger partial charge in [0.1, 0.15) is 18.1 Å². The van der Waals surface area contributed by atoms with Gasteiger partial charge in [-0.15, -0.1) is 5.10 Å². The molecule has 0 radical (unpaired) electrons. The van der Waals surface area contributed by atoms with Crippen LogP contribution in [0.2, 0.25) is 0 Å². The summed E-state index contributed by atoms with van der Waals surface area (Å²) >= 11 is 0. The number of hydrogen-bond acceptors (Lipinski definition) is 9. The molecule has 2 bridgehead atoms. The van der Waals surface area contributed by atoms with Crippen LogP contribution < -0.4 is 10.1 Å². The van der Waals surface area contributed by atoms with E-state index >= 15 is 0 Å². The van der Waals surface area contributed by atoms with E-state index in [1.807, 2.05) is 0 Å². The summed E-state index contributed by atoms with van der Waals surface area (Å²) in [6.45, 7) is 1.53. The number of amides is 2. The summed E-state index contributed by atoms with van der Waals surface area (Å²) in [7, 11) is 0. The molecule has 3 aliphatic rings. The maximum atomic E-state index is 13.2. The molecular formula is C23H24N8O4. The molecule has 1 N–H and O–H groups in total. The number of carbonyl (C=O) groups is 2. The van der Waals surface area contributed by atoms with Crippen LogP contribution in [-0.4, -0.2) is 78.5 Å². The Kier molecular flexibility index (Phi) is 5.57. The van der Waals surface area contributed by atoms with E-state index in [0.717, 1.165) is 18.7 Å². The van der Waals surface area contributed by atoms with Gasteiger partial charge in [0.2, 0.25) is 0 Å². The summed E-state index contributed by atoms with van der Waals surface area (Å²) in [5, 5.41) is 11.2. The predicted molar refractivity (Wildman–Crippen MR) is 119 cm³/mol. The van der Waals surface area contributed by atoms with Gasteiger partial charge in [-0.3, -0.25) is 9.59 Å². The van der Waals surface area contributed by atoms with E-state index in [1.165, 1.54) is 0 Å². The summed E-state index contributed by atoms with van der Waals surface area (Å²) < 4.78 is 13.6. The molecule has 1 aliphatic carbocycles. The second-order valence-corrected chi connectivity index (χ2v) is 8.92. The number of fused-ring (bicyclic) bond motifs is 4. The molecule has 5 heterocycles. The third-order valence-electron chi connectivity index (χ3n) is 6.33. The zero-order chi connectivity index (χ0) is 23.8. The number of likely N-dealkylation sites (tertiary alicyclic amines) is 1. The lowest BCUT2D eigenvalue weighted by Crippen LogP contribution is -2.44. The Bertz CT molecular complexity index is 1240. The van der Waals surface area contributed by atoms with Gasteiger partial charge in [0, 0.05) is 37.6 Å². The van der Waals surface area contributed by atoms with Crippen molar-refractivity contribution < 1.29 is 19.1 Å². The van der Waals surface area contributed by atoms with Crippen molar-refractivity contribution in [3.8, 4) is 5.75 Å². The molecule has 2 aliphatic heterocycles. The molecule has 35 heavy (non-hydrogen) atoms. The topological polar surface area (TPSA) is 137 Å². The molecule has 0 unspecified atom stereocenters. The van der Waals surface area contributed by atoms with Gasteiger partial charge in [0.15, 0.2) is 11.4 Å². The average molecular weight is 476 g/mol. The SMILES string of the molecule is O=C1N[C@H]2CN(C(=O)c3cnc(C4CC4)nc3)C[C@@H]2OCc2cn(nn2)CCOc2cccnc21. The van der Waals surface area contributed by atoms with E-state index in [1.54, 1.807) is 46.5 Å². The van der Waals surface area contributed by atoms with Crippen LogP contribution in [0.3, 0.4) is 0 Å². The normalized spacial score (nSPS) is 22.4. The third-order valence-corrected chi connectivity index (χ3v) is 6.33. The molecule has 12 nitrogen and oxygen atoms in total. The molecular weight excluding hydrogens is 452 g/mol. The Balaban J connectivity index is 1.24. The number of hydrogen-bond donors (Lipinski definition) is 1. The van der Waals surface area contributed by atoms with E-state index in [2.05, 4.69) is 30.6 Å². The van der Waals surface area contributed by atoms with Crippen molar-refractivity contribution in [2.45, 2.75) is 44.1 Å². The summed E-state index contributed by atoms with van der Waals surface area (Å²) in [6.07, 6.45) is 8.23. The maximum Gasteiger partial charge on any atom is 0.274 e. The fraction of sp³-hybridized carbons (Fsp3) is 0.435. The molecule has 0 aromatic carbocycles. The first-order chi connectivity index (χ1) is 17.1. The lowest BCUT2D eigenvalue weighted by atomic mass is 10.2. The number of rotatable bonds is 2. The molecule has 180 valence electrons. The molecule has 0 spiro atoms. The zero-order valence-electron chi connectivity index (χ0n) is 18.9. The number of carbonyl (C=O) groups excluding carboxylic acids is 2. The molecule has 2 atom stereocenters. The Morgan fingerprint density at radius 3 is 2.83 bits per heavy atom. The Hall–Kier alpha value is -3.93. The van der Waals surface area contributed by atoms with Crippen LogP contribution in [0.5, 0.6) is 5.75 Å². The summed E-state index contributed by atoms with van der Waals surface area (Å²) in [5.41, 5.74) is 1.24. The van der Waals surface area contributed by atoms with Gasteiger partial charge in [-0.2, -0.15) is 0 Å². The largest absolute Gasteiger partial charge is 0.489 e. The monoisotopic (exact) mass is 476 g/mol. The smallest absolute Gasteiger partial charge is 0.274 e. The standard InChI is InChI=1S/C23H24N8O4/c32-22-20-18(2-1-5-24-20)34-7-6-31-10-16(28-29-31)13-35-19-12-30(11-17(19)27-22)23(33)15-8-25-21(26-9-15)14-3-4-14/h1-2,5,8-10,14,17,19H,3-4,6-7,11-13H2,(H,27,32)/t17-,19-/m0/s1. The highest BCUT2D eigenvalue weighted by atomic mass is 16.5. The quantitative estimate of drug-likeness (QED) is 0.563. The maximum absolute atomic E-state index is 13.2. The number of aromatic nitrogens is 6. The lowest BCUT2D eigenvalue weighted by molar-refractivity contribution is 0.0290. The molecule has 2 fully saturated rings. The van der Waals surface area contributed by atoms with Crippen molar-refractivity contribution >= 4 is 11.8 Å². The van der Waals surface area contributed by atoms with Crippen molar-refractivity contribution in [3.63, 3.8) is 0 Å². The number of nitrogens with zero attached hydrogens (tertiary/aromatic N) is 7. The number of nitrogens with one attached hydrogen (secondary N) is 1. The summed E-state index contributed by atoms with van der Waals surface area (Å²) in [6, 6.07) is 2.96. The Morgan fingerprint density at radius 2 is 2.00 bits per heavy atom. The van der Waals surface area contributed by atoms with Gasteiger partial charge in [0.25, 0.3) is 11.8 Å². The van der Waals surface area contributed by atoms with E-state index in [0.29, 0.717) is 42.6 Å². The third kappa shape index (κ3) is 4.56. The minimum absolute atomic E-state index is 0.177. The number of pyridine rings is 1. The van der Waals surface area contributed by atoms with Gasteiger partial charge in [0.05, 0.1) is 37.1 Å². The number of ether oxygens (including phenoxy) is 2. The first-order valence-corrected chi connectivity index (χ1v) is 11.6. The fourth-order valence-electron chi connectivity index (χ4n) is 4.30. The van der Waals surface area contributed by atoms with Gasteiger partial charge < -0.3 is 19.7 Å². The zero-order valence-corrected chi connectivity index (χ0v) is 18.9. The second kappa shape index (κ2) is 9.02. The first kappa shape index (κ1) is 21.6. The molecule has 6 rings (SSSR count). The van der Waals surface area contributed by atoms with Crippen LogP contribution in [0.1, 0.15) is 51.1 Å². The van der Waals surface area contributed by atoms with Gasteiger partial charge in [-0.25, -0.2) is 19.6 Å². The summed E-state index contributed by atoms with van der Waals surface area (Å²) in [4.78, 5) is 40.9. The van der Waals surface area contributed by atoms with E-state index in [9.17, 15) is 9.59 Å². The van der Waals surface area contributed by atoms with Crippen LogP contribution in [0.4, 0.5) is 0 Å². The van der Waals surface area contributed by atoms with Crippen LogP contribution in [-0.2, 0) is 17.9 Å². The molecule has 3 aromatic heterocycles. The van der Waals surface area contributed by atoms with Crippen molar-refractivity contribution in [2.75, 3.05) is 19.7 Å². The van der Waals surface area contributed by atoms with Gasteiger partial charge >= 0.3 is 0 Å². The molecule has 1 saturated heterocycles. The Labute approximate surface area is 200 Å². The first-order valence-electron chi connectivity index (χ1n) is 11.6. The van der Waals surface area contributed by atoms with Gasteiger partial charge in [-0.1, -0.05) is 5.21 Å².